The third kappa shape index (κ3) is 3.41. The van der Waals surface area contributed by atoms with Crippen molar-refractivity contribution in [3.05, 3.63) is 130 Å². The number of methoxy groups -OCH3 is 2. The lowest BCUT2D eigenvalue weighted by Crippen LogP contribution is -2.48. The van der Waals surface area contributed by atoms with Gasteiger partial charge < -0.3 is 14.4 Å². The van der Waals surface area contributed by atoms with Gasteiger partial charge in [-0.1, -0.05) is 84.4 Å². The predicted molar refractivity (Wildman–Crippen MR) is 161 cm³/mol. The van der Waals surface area contributed by atoms with Crippen molar-refractivity contribution in [2.75, 3.05) is 19.1 Å². The Bertz CT molecular complexity index is 1770. The Kier molecular flexibility index (Phi) is 5.91. The van der Waals surface area contributed by atoms with Crippen LogP contribution in [0.1, 0.15) is 53.7 Å². The van der Waals surface area contributed by atoms with E-state index in [-0.39, 0.29) is 17.3 Å². The van der Waals surface area contributed by atoms with Gasteiger partial charge in [-0.15, -0.1) is 0 Å². The van der Waals surface area contributed by atoms with E-state index >= 15 is 0 Å². The molecule has 0 N–H and O–H groups in total. The lowest BCUT2D eigenvalue weighted by Gasteiger charge is -2.37. The van der Waals surface area contributed by atoms with E-state index in [1.807, 2.05) is 72.5 Å². The van der Waals surface area contributed by atoms with E-state index in [4.69, 9.17) is 9.47 Å². The number of ketones is 3. The smallest absolute Gasteiger partial charge is 0.185 e. The lowest BCUT2D eigenvalue weighted by atomic mass is 9.64. The third-order valence-electron chi connectivity index (χ3n) is 9.09. The Morgan fingerprint density at radius 2 is 1.48 bits per heavy atom. The molecule has 0 unspecified atom stereocenters. The summed E-state index contributed by atoms with van der Waals surface area (Å²) in [6.45, 7) is 1.97. The zero-order valence-electron chi connectivity index (χ0n) is 23.5. The van der Waals surface area contributed by atoms with Crippen molar-refractivity contribution in [1.29, 1.82) is 0 Å². The number of carbonyl (C=O) groups is 3. The van der Waals surface area contributed by atoms with E-state index in [0.29, 0.717) is 33.8 Å². The van der Waals surface area contributed by atoms with Crippen molar-refractivity contribution < 1.29 is 23.9 Å². The molecule has 2 heterocycles. The highest BCUT2D eigenvalue weighted by Crippen LogP contribution is 2.62. The van der Waals surface area contributed by atoms with Gasteiger partial charge in [-0.2, -0.15) is 0 Å². The molecule has 4 aromatic rings. The molecule has 3 aliphatic rings. The minimum Gasteiger partial charge on any atom is -0.497 e. The van der Waals surface area contributed by atoms with Gasteiger partial charge in [-0.25, -0.2) is 0 Å². The van der Waals surface area contributed by atoms with Gasteiger partial charge in [0.1, 0.15) is 23.0 Å². The molecule has 0 amide bonds. The van der Waals surface area contributed by atoms with Crippen molar-refractivity contribution in [3.63, 3.8) is 0 Å². The maximum absolute atomic E-state index is 14.8. The van der Waals surface area contributed by atoms with Crippen molar-refractivity contribution in [2.45, 2.75) is 24.9 Å². The minimum absolute atomic E-state index is 0.173. The van der Waals surface area contributed by atoms with Gasteiger partial charge in [0.2, 0.25) is 0 Å². The number of carbonyl (C=O) groups excluding carboxylic acids is 3. The number of hydrogen-bond donors (Lipinski definition) is 0. The number of Topliss-reactive ketones (excluding diaryl/α,β-unsaturated/α-hetero) is 3. The molecule has 4 aromatic carbocycles. The molecule has 1 saturated heterocycles. The average molecular weight is 556 g/mol. The second-order valence-corrected chi connectivity index (χ2v) is 11.1. The summed E-state index contributed by atoms with van der Waals surface area (Å²) in [6.07, 6.45) is 3.88. The molecule has 6 nitrogen and oxygen atoms in total. The van der Waals surface area contributed by atoms with E-state index in [1.54, 1.807) is 56.7 Å². The monoisotopic (exact) mass is 555 g/mol. The largest absolute Gasteiger partial charge is 0.497 e. The average Bonchev–Trinajstić information content (AvgIpc) is 3.46. The molecule has 1 fully saturated rings. The maximum atomic E-state index is 14.8. The minimum atomic E-state index is -1.61. The lowest BCUT2D eigenvalue weighted by molar-refractivity contribution is 0.0664. The Labute approximate surface area is 244 Å². The van der Waals surface area contributed by atoms with Crippen LogP contribution in [0.4, 0.5) is 5.69 Å². The molecule has 1 aliphatic carbocycles. The zero-order valence-corrected chi connectivity index (χ0v) is 23.5. The van der Waals surface area contributed by atoms with Crippen LogP contribution in [0.5, 0.6) is 11.5 Å². The molecule has 1 spiro atoms. The number of aryl methyl sites for hydroxylation is 1. The second kappa shape index (κ2) is 9.55. The first-order chi connectivity index (χ1) is 20.4. The molecule has 0 saturated carbocycles. The van der Waals surface area contributed by atoms with Gasteiger partial charge in [0, 0.05) is 33.9 Å². The molecule has 6 heteroatoms. The SMILES string of the molecule is COc1ccc(OC)c([C@@H]2[C@@H](C(=O)c3ccc(C)cc3)N3c4ccccc4C=C[C@H]3C23C(=O)c2ccccc2C3=O)c1. The van der Waals surface area contributed by atoms with Crippen LogP contribution < -0.4 is 14.4 Å². The van der Waals surface area contributed by atoms with Gasteiger partial charge in [-0.3, -0.25) is 14.4 Å². The summed E-state index contributed by atoms with van der Waals surface area (Å²) >= 11 is 0. The second-order valence-electron chi connectivity index (χ2n) is 11.1. The molecule has 42 heavy (non-hydrogen) atoms. The van der Waals surface area contributed by atoms with Crippen LogP contribution in [-0.2, 0) is 0 Å². The van der Waals surface area contributed by atoms with Crippen LogP contribution in [0.15, 0.2) is 97.1 Å². The first-order valence-electron chi connectivity index (χ1n) is 14.0. The first-order valence-corrected chi connectivity index (χ1v) is 14.0. The summed E-state index contributed by atoms with van der Waals surface area (Å²) in [5, 5.41) is 0. The van der Waals surface area contributed by atoms with Crippen LogP contribution in [0, 0.1) is 12.3 Å². The number of para-hydroxylation sites is 1. The van der Waals surface area contributed by atoms with E-state index in [1.165, 1.54) is 0 Å². The van der Waals surface area contributed by atoms with Crippen LogP contribution in [-0.4, -0.2) is 43.7 Å². The number of benzene rings is 4. The Morgan fingerprint density at radius 1 is 0.810 bits per heavy atom. The van der Waals surface area contributed by atoms with E-state index in [0.717, 1.165) is 16.8 Å². The number of ether oxygens (including phenoxy) is 2. The van der Waals surface area contributed by atoms with Gasteiger partial charge in [0.05, 0.1) is 20.3 Å². The number of anilines is 1. The third-order valence-corrected chi connectivity index (χ3v) is 9.09. The number of rotatable bonds is 5. The molecule has 0 radical (unpaired) electrons. The van der Waals surface area contributed by atoms with Crippen molar-refractivity contribution >= 4 is 29.1 Å². The van der Waals surface area contributed by atoms with Crippen LogP contribution in [0.2, 0.25) is 0 Å². The summed E-state index contributed by atoms with van der Waals surface area (Å²) < 4.78 is 11.5. The quantitative estimate of drug-likeness (QED) is 0.212. The van der Waals surface area contributed by atoms with Crippen LogP contribution >= 0.6 is 0 Å². The summed E-state index contributed by atoms with van der Waals surface area (Å²) in [7, 11) is 3.12. The number of hydrogen-bond acceptors (Lipinski definition) is 6. The Balaban J connectivity index is 1.58. The van der Waals surface area contributed by atoms with Gasteiger partial charge in [0.25, 0.3) is 0 Å². The predicted octanol–water partition coefficient (Wildman–Crippen LogP) is 6.33. The molecule has 0 aromatic heterocycles. The summed E-state index contributed by atoms with van der Waals surface area (Å²) in [5.41, 5.74) is 2.98. The fourth-order valence-electron chi connectivity index (χ4n) is 7.23. The van der Waals surface area contributed by atoms with Gasteiger partial charge >= 0.3 is 0 Å². The standard InChI is InChI=1S/C36H29NO5/c1-21-12-14-23(15-13-21)33(38)32-31(27-20-24(41-2)17-18-29(27)42-3)36(34(39)25-9-5-6-10-26(25)35(36)40)30-19-16-22-8-4-7-11-28(22)37(30)32/h4-20,30-32H,1-3H3/t30-,31+,32-/m0/s1. The van der Waals surface area contributed by atoms with E-state index in [2.05, 4.69) is 0 Å². The molecule has 208 valence electrons. The van der Waals surface area contributed by atoms with Crippen molar-refractivity contribution in [3.8, 4) is 11.5 Å². The summed E-state index contributed by atoms with van der Waals surface area (Å²) in [6, 6.07) is 26.0. The fourth-order valence-corrected chi connectivity index (χ4v) is 7.23. The molecule has 0 bridgehead atoms. The highest BCUT2D eigenvalue weighted by Gasteiger charge is 2.72. The van der Waals surface area contributed by atoms with Crippen LogP contribution in [0.3, 0.4) is 0 Å². The Hall–Kier alpha value is -4.97. The highest BCUT2D eigenvalue weighted by atomic mass is 16.5. The topological polar surface area (TPSA) is 72.9 Å². The van der Waals surface area contributed by atoms with Crippen molar-refractivity contribution in [1.82, 2.24) is 0 Å². The van der Waals surface area contributed by atoms with E-state index in [9.17, 15) is 14.4 Å². The fraction of sp³-hybridized carbons (Fsp3) is 0.194. The zero-order chi connectivity index (χ0) is 29.2. The first kappa shape index (κ1) is 26.0. The number of fused-ring (bicyclic) bond motifs is 5. The highest BCUT2D eigenvalue weighted by molar-refractivity contribution is 6.32. The molecular weight excluding hydrogens is 526 g/mol. The maximum Gasteiger partial charge on any atom is 0.185 e. The summed E-state index contributed by atoms with van der Waals surface area (Å²) in [5.74, 6) is -0.598. The van der Waals surface area contributed by atoms with Crippen molar-refractivity contribution in [2.24, 2.45) is 5.41 Å². The molecular formula is C36H29NO5. The molecule has 3 atom stereocenters. The van der Waals surface area contributed by atoms with E-state index < -0.39 is 23.4 Å². The summed E-state index contributed by atoms with van der Waals surface area (Å²) in [4.78, 5) is 46.5. The molecule has 7 rings (SSSR count). The van der Waals surface area contributed by atoms with Gasteiger partial charge in [0.15, 0.2) is 17.3 Å². The van der Waals surface area contributed by atoms with Crippen LogP contribution in [0.25, 0.3) is 6.08 Å². The normalized spacial score (nSPS) is 21.2. The number of nitrogens with zero attached hydrogens (tertiary/aromatic N) is 1. The van der Waals surface area contributed by atoms with Gasteiger partial charge in [-0.05, 0) is 36.8 Å². The molecule has 2 aliphatic heterocycles. The Morgan fingerprint density at radius 3 is 2.14 bits per heavy atom.